The minimum atomic E-state index is -3.52. The van der Waals surface area contributed by atoms with Crippen molar-refractivity contribution in [2.45, 2.75) is 50.5 Å². The zero-order chi connectivity index (χ0) is 18.3. The van der Waals surface area contributed by atoms with E-state index in [4.69, 9.17) is 11.6 Å². The van der Waals surface area contributed by atoms with E-state index in [0.717, 1.165) is 25.7 Å². The van der Waals surface area contributed by atoms with Crippen molar-refractivity contribution in [1.82, 2.24) is 4.31 Å². The van der Waals surface area contributed by atoms with Gasteiger partial charge in [0.05, 0.1) is 4.90 Å². The summed E-state index contributed by atoms with van der Waals surface area (Å²) in [4.78, 5) is 0.305. The van der Waals surface area contributed by atoms with Gasteiger partial charge in [-0.25, -0.2) is 8.42 Å². The highest BCUT2D eigenvalue weighted by Gasteiger charge is 2.28. The Morgan fingerprint density at radius 1 is 1.04 bits per heavy atom. The van der Waals surface area contributed by atoms with Gasteiger partial charge in [-0.05, 0) is 56.0 Å². The molecule has 0 bridgehead atoms. The van der Waals surface area contributed by atoms with Crippen LogP contribution >= 0.6 is 11.6 Å². The molecule has 0 saturated heterocycles. The van der Waals surface area contributed by atoms with Crippen molar-refractivity contribution in [2.75, 3.05) is 6.54 Å². The Bertz CT molecular complexity index is 745. The second-order valence-corrected chi connectivity index (χ2v) is 8.62. The Kier molecular flexibility index (Phi) is 7.48. The number of aryl methyl sites for hydroxylation is 1. The molecule has 1 atom stereocenters. The maximum atomic E-state index is 13.1. The van der Waals surface area contributed by atoms with Gasteiger partial charge in [0, 0.05) is 17.6 Å². The summed E-state index contributed by atoms with van der Waals surface area (Å²) < 4.78 is 27.8. The molecule has 2 aromatic rings. The molecule has 0 aliphatic rings. The lowest BCUT2D eigenvalue weighted by Crippen LogP contribution is -2.39. The van der Waals surface area contributed by atoms with E-state index in [-0.39, 0.29) is 6.04 Å². The summed E-state index contributed by atoms with van der Waals surface area (Å²) in [6.45, 7) is 4.58. The first kappa shape index (κ1) is 20.0. The zero-order valence-corrected chi connectivity index (χ0v) is 16.4. The van der Waals surface area contributed by atoms with Crippen LogP contribution in [-0.2, 0) is 16.4 Å². The molecule has 2 rings (SSSR count). The molecule has 0 saturated carbocycles. The van der Waals surface area contributed by atoms with Gasteiger partial charge in [0.1, 0.15) is 0 Å². The SMILES string of the molecule is CCC[C@H](C)N(CCCc1ccccc1)S(=O)(=O)c1ccc(Cl)cc1. The van der Waals surface area contributed by atoms with Gasteiger partial charge in [0.2, 0.25) is 10.0 Å². The highest BCUT2D eigenvalue weighted by molar-refractivity contribution is 7.89. The average Bonchev–Trinajstić information content (AvgIpc) is 2.60. The molecule has 0 spiro atoms. The highest BCUT2D eigenvalue weighted by atomic mass is 35.5. The fourth-order valence-electron chi connectivity index (χ4n) is 2.96. The van der Waals surface area contributed by atoms with Crippen molar-refractivity contribution in [3.05, 3.63) is 65.2 Å². The Morgan fingerprint density at radius 2 is 1.68 bits per heavy atom. The number of sulfonamides is 1. The molecule has 2 aromatic carbocycles. The van der Waals surface area contributed by atoms with Crippen molar-refractivity contribution >= 4 is 21.6 Å². The third kappa shape index (κ3) is 5.56. The second kappa shape index (κ2) is 9.37. The third-order valence-electron chi connectivity index (χ3n) is 4.31. The number of benzene rings is 2. The molecule has 136 valence electrons. The molecule has 0 amide bonds. The van der Waals surface area contributed by atoms with Gasteiger partial charge in [-0.15, -0.1) is 0 Å². The van der Waals surface area contributed by atoms with E-state index in [9.17, 15) is 8.42 Å². The van der Waals surface area contributed by atoms with Crippen LogP contribution in [0.2, 0.25) is 5.02 Å². The van der Waals surface area contributed by atoms with Crippen molar-refractivity contribution in [1.29, 1.82) is 0 Å². The van der Waals surface area contributed by atoms with Crippen LogP contribution in [0.5, 0.6) is 0 Å². The van der Waals surface area contributed by atoms with Crippen molar-refractivity contribution in [3.8, 4) is 0 Å². The fraction of sp³-hybridized carbons (Fsp3) is 0.400. The lowest BCUT2D eigenvalue weighted by Gasteiger charge is -2.28. The minimum Gasteiger partial charge on any atom is -0.207 e. The first-order valence-electron chi connectivity index (χ1n) is 8.76. The second-order valence-electron chi connectivity index (χ2n) is 6.30. The Labute approximate surface area is 156 Å². The van der Waals surface area contributed by atoms with E-state index in [1.54, 1.807) is 28.6 Å². The van der Waals surface area contributed by atoms with Crippen LogP contribution in [-0.4, -0.2) is 25.3 Å². The summed E-state index contributed by atoms with van der Waals surface area (Å²) in [5, 5.41) is 0.538. The average molecular weight is 380 g/mol. The predicted molar refractivity (Wildman–Crippen MR) is 104 cm³/mol. The van der Waals surface area contributed by atoms with E-state index in [1.165, 1.54) is 5.56 Å². The van der Waals surface area contributed by atoms with Crippen LogP contribution < -0.4 is 0 Å². The standard InChI is InChI=1S/C20H26ClNO2S/c1-3-8-17(2)22(16-7-11-18-9-5-4-6-10-18)25(23,24)20-14-12-19(21)13-15-20/h4-6,9-10,12-15,17H,3,7-8,11,16H2,1-2H3/t17-/m0/s1. The van der Waals surface area contributed by atoms with E-state index in [1.807, 2.05) is 25.1 Å². The van der Waals surface area contributed by atoms with Gasteiger partial charge in [-0.3, -0.25) is 0 Å². The first-order chi connectivity index (χ1) is 11.9. The zero-order valence-electron chi connectivity index (χ0n) is 14.9. The number of halogens is 1. The Hall–Kier alpha value is -1.36. The van der Waals surface area contributed by atoms with Crippen LogP contribution in [0.3, 0.4) is 0 Å². The van der Waals surface area contributed by atoms with Crippen molar-refractivity contribution in [3.63, 3.8) is 0 Å². The summed E-state index contributed by atoms with van der Waals surface area (Å²) in [5.74, 6) is 0. The molecule has 0 unspecified atom stereocenters. The van der Waals surface area contributed by atoms with E-state index in [2.05, 4.69) is 19.1 Å². The summed E-state index contributed by atoms with van der Waals surface area (Å²) in [5.41, 5.74) is 1.23. The number of nitrogens with zero attached hydrogens (tertiary/aromatic N) is 1. The van der Waals surface area contributed by atoms with Crippen LogP contribution in [0.25, 0.3) is 0 Å². The lowest BCUT2D eigenvalue weighted by molar-refractivity contribution is 0.316. The van der Waals surface area contributed by atoms with Crippen LogP contribution in [0, 0.1) is 0 Å². The van der Waals surface area contributed by atoms with E-state index >= 15 is 0 Å². The fourth-order valence-corrected chi connectivity index (χ4v) is 4.79. The first-order valence-corrected chi connectivity index (χ1v) is 10.6. The minimum absolute atomic E-state index is 0.0264. The topological polar surface area (TPSA) is 37.4 Å². The Morgan fingerprint density at radius 3 is 2.28 bits per heavy atom. The van der Waals surface area contributed by atoms with Crippen molar-refractivity contribution in [2.24, 2.45) is 0 Å². The van der Waals surface area contributed by atoms with Gasteiger partial charge in [-0.1, -0.05) is 55.3 Å². The molecular weight excluding hydrogens is 354 g/mol. The molecule has 0 heterocycles. The summed E-state index contributed by atoms with van der Waals surface area (Å²) in [6.07, 6.45) is 3.46. The van der Waals surface area contributed by atoms with Crippen LogP contribution in [0.15, 0.2) is 59.5 Å². The van der Waals surface area contributed by atoms with Gasteiger partial charge in [0.25, 0.3) is 0 Å². The maximum Gasteiger partial charge on any atom is 0.243 e. The van der Waals surface area contributed by atoms with Gasteiger partial charge >= 0.3 is 0 Å². The van der Waals surface area contributed by atoms with Crippen LogP contribution in [0.1, 0.15) is 38.7 Å². The number of rotatable bonds is 9. The summed E-state index contributed by atoms with van der Waals surface area (Å²) >= 11 is 5.90. The molecule has 0 radical (unpaired) electrons. The molecule has 0 N–H and O–H groups in total. The molecule has 3 nitrogen and oxygen atoms in total. The third-order valence-corrected chi connectivity index (χ3v) is 6.58. The van der Waals surface area contributed by atoms with Crippen molar-refractivity contribution < 1.29 is 8.42 Å². The van der Waals surface area contributed by atoms with E-state index < -0.39 is 10.0 Å². The largest absolute Gasteiger partial charge is 0.243 e. The molecule has 0 aliphatic carbocycles. The van der Waals surface area contributed by atoms with Crippen LogP contribution in [0.4, 0.5) is 0 Å². The molecule has 25 heavy (non-hydrogen) atoms. The molecular formula is C20H26ClNO2S. The molecule has 0 aliphatic heterocycles. The van der Waals surface area contributed by atoms with Gasteiger partial charge in [0.15, 0.2) is 0 Å². The Balaban J connectivity index is 2.15. The maximum absolute atomic E-state index is 13.1. The summed E-state index contributed by atoms with van der Waals surface area (Å²) in [7, 11) is -3.52. The van der Waals surface area contributed by atoms with Gasteiger partial charge in [-0.2, -0.15) is 4.31 Å². The molecule has 5 heteroatoms. The highest BCUT2D eigenvalue weighted by Crippen LogP contribution is 2.22. The normalized spacial score (nSPS) is 13.1. The summed E-state index contributed by atoms with van der Waals surface area (Å²) in [6, 6.07) is 16.6. The number of hydrogen-bond acceptors (Lipinski definition) is 2. The lowest BCUT2D eigenvalue weighted by atomic mass is 10.1. The number of hydrogen-bond donors (Lipinski definition) is 0. The predicted octanol–water partition coefficient (Wildman–Crippen LogP) is 5.15. The smallest absolute Gasteiger partial charge is 0.207 e. The van der Waals surface area contributed by atoms with E-state index in [0.29, 0.717) is 16.5 Å². The van der Waals surface area contributed by atoms with Gasteiger partial charge < -0.3 is 0 Å². The molecule has 0 aromatic heterocycles. The molecule has 0 fully saturated rings. The monoisotopic (exact) mass is 379 g/mol. The quantitative estimate of drug-likeness (QED) is 0.604.